The smallest absolute Gasteiger partial charge is 0.193 e. The van der Waals surface area contributed by atoms with Crippen molar-refractivity contribution in [3.05, 3.63) is 48.0 Å². The van der Waals surface area contributed by atoms with Gasteiger partial charge in [0.15, 0.2) is 5.16 Å². The Balaban J connectivity index is 2.24. The topological polar surface area (TPSA) is 75.7 Å². The monoisotopic (exact) mass is 248 g/mol. The number of nitrogen functional groups attached to an aromatic ring is 1. The van der Waals surface area contributed by atoms with Crippen LogP contribution < -0.4 is 5.73 Å². The van der Waals surface area contributed by atoms with Gasteiger partial charge in [0.1, 0.15) is 17.3 Å². The van der Waals surface area contributed by atoms with E-state index >= 15 is 0 Å². The highest BCUT2D eigenvalue weighted by atomic mass is 32.2. The van der Waals surface area contributed by atoms with Gasteiger partial charge in [0.25, 0.3) is 0 Å². The van der Waals surface area contributed by atoms with Crippen LogP contribution in [0.15, 0.2) is 46.6 Å². The largest absolute Gasteiger partial charge is 0.382 e. The Kier molecular flexibility index (Phi) is 3.34. The predicted molar refractivity (Wildman–Crippen MR) is 63.6 cm³/mol. The van der Waals surface area contributed by atoms with Gasteiger partial charge in [0.05, 0.1) is 0 Å². The fourth-order valence-electron chi connectivity index (χ4n) is 1.18. The molecule has 0 aliphatic rings. The number of aromatic nitrogens is 2. The van der Waals surface area contributed by atoms with Crippen LogP contribution in [0.4, 0.5) is 4.39 Å². The van der Waals surface area contributed by atoms with Gasteiger partial charge in [-0.1, -0.05) is 6.07 Å². The summed E-state index contributed by atoms with van der Waals surface area (Å²) in [6.45, 7) is 0. The number of amidine groups is 1. The Morgan fingerprint density at radius 2 is 2.18 bits per heavy atom. The third-order valence-electron chi connectivity index (χ3n) is 1.91. The minimum absolute atomic E-state index is 0.117. The summed E-state index contributed by atoms with van der Waals surface area (Å²) >= 11 is 1.22. The maximum Gasteiger partial charge on any atom is 0.193 e. The molecule has 17 heavy (non-hydrogen) atoms. The van der Waals surface area contributed by atoms with Gasteiger partial charge in [0.2, 0.25) is 0 Å². The van der Waals surface area contributed by atoms with Gasteiger partial charge in [-0.3, -0.25) is 5.41 Å². The van der Waals surface area contributed by atoms with Crippen LogP contribution in [0.25, 0.3) is 0 Å². The quantitative estimate of drug-likeness (QED) is 0.495. The van der Waals surface area contributed by atoms with Crippen molar-refractivity contribution in [1.82, 2.24) is 9.97 Å². The van der Waals surface area contributed by atoms with Crippen molar-refractivity contribution < 1.29 is 4.39 Å². The molecule has 1 heterocycles. The van der Waals surface area contributed by atoms with Crippen LogP contribution in [0.3, 0.4) is 0 Å². The maximum absolute atomic E-state index is 13.0. The average molecular weight is 248 g/mol. The van der Waals surface area contributed by atoms with Crippen molar-refractivity contribution in [3.63, 3.8) is 0 Å². The molecule has 0 aliphatic heterocycles. The number of hydrogen-bond acceptors (Lipinski definition) is 4. The molecule has 1 aromatic heterocycles. The molecule has 3 N–H and O–H groups in total. The molecule has 0 saturated carbocycles. The van der Waals surface area contributed by atoms with E-state index in [1.54, 1.807) is 18.2 Å². The number of nitrogens with two attached hydrogens (primary N) is 1. The van der Waals surface area contributed by atoms with Crippen LogP contribution in [0.5, 0.6) is 0 Å². The second kappa shape index (κ2) is 4.92. The number of halogens is 1. The number of nitrogens with zero attached hydrogens (tertiary/aromatic N) is 2. The van der Waals surface area contributed by atoms with Gasteiger partial charge < -0.3 is 5.73 Å². The van der Waals surface area contributed by atoms with Crippen molar-refractivity contribution in [1.29, 1.82) is 5.41 Å². The van der Waals surface area contributed by atoms with E-state index in [1.807, 2.05) is 0 Å². The first-order valence-electron chi connectivity index (χ1n) is 4.76. The molecule has 0 bridgehead atoms. The van der Waals surface area contributed by atoms with Crippen molar-refractivity contribution >= 4 is 17.6 Å². The van der Waals surface area contributed by atoms with E-state index in [2.05, 4.69) is 9.97 Å². The van der Waals surface area contributed by atoms with Crippen LogP contribution in [0, 0.1) is 11.2 Å². The summed E-state index contributed by atoms with van der Waals surface area (Å²) in [6.07, 6.45) is 1.52. The summed E-state index contributed by atoms with van der Waals surface area (Å²) in [4.78, 5) is 8.80. The lowest BCUT2D eigenvalue weighted by Gasteiger charge is -2.02. The number of rotatable bonds is 3. The fourth-order valence-corrected chi connectivity index (χ4v) is 1.96. The van der Waals surface area contributed by atoms with Gasteiger partial charge in [-0.05, 0) is 36.0 Å². The summed E-state index contributed by atoms with van der Waals surface area (Å²) < 4.78 is 13.0. The lowest BCUT2D eigenvalue weighted by Crippen LogP contribution is -2.13. The SMILES string of the molecule is N=C(N)c1ccnc(Sc2cccc(F)c2)n1. The third-order valence-corrected chi connectivity index (χ3v) is 2.78. The van der Waals surface area contributed by atoms with E-state index in [9.17, 15) is 4.39 Å². The normalized spacial score (nSPS) is 10.2. The molecule has 0 spiro atoms. The number of hydrogen-bond donors (Lipinski definition) is 2. The van der Waals surface area contributed by atoms with Crippen LogP contribution in [-0.2, 0) is 0 Å². The molecule has 2 aromatic rings. The van der Waals surface area contributed by atoms with Gasteiger partial charge in [-0.2, -0.15) is 0 Å². The highest BCUT2D eigenvalue weighted by molar-refractivity contribution is 7.99. The Morgan fingerprint density at radius 1 is 1.35 bits per heavy atom. The van der Waals surface area contributed by atoms with Crippen LogP contribution >= 0.6 is 11.8 Å². The fraction of sp³-hybridized carbons (Fsp3) is 0. The van der Waals surface area contributed by atoms with Gasteiger partial charge in [0, 0.05) is 11.1 Å². The van der Waals surface area contributed by atoms with Crippen LogP contribution in [0.1, 0.15) is 5.69 Å². The maximum atomic E-state index is 13.0. The average Bonchev–Trinajstić information content (AvgIpc) is 2.29. The van der Waals surface area contributed by atoms with Gasteiger partial charge in [-0.25, -0.2) is 14.4 Å². The lowest BCUT2D eigenvalue weighted by molar-refractivity contribution is 0.624. The molecular weight excluding hydrogens is 239 g/mol. The van der Waals surface area contributed by atoms with E-state index in [-0.39, 0.29) is 11.7 Å². The Morgan fingerprint density at radius 3 is 2.88 bits per heavy atom. The highest BCUT2D eigenvalue weighted by Crippen LogP contribution is 2.24. The molecule has 0 aliphatic carbocycles. The highest BCUT2D eigenvalue weighted by Gasteiger charge is 2.04. The van der Waals surface area contributed by atoms with Crippen molar-refractivity contribution in [3.8, 4) is 0 Å². The zero-order valence-electron chi connectivity index (χ0n) is 8.72. The molecule has 0 radical (unpaired) electrons. The first kappa shape index (κ1) is 11.5. The molecular formula is C11H9FN4S. The molecule has 2 rings (SSSR count). The molecule has 0 saturated heterocycles. The Hall–Kier alpha value is -1.95. The van der Waals surface area contributed by atoms with Crippen molar-refractivity contribution in [2.45, 2.75) is 10.1 Å². The minimum Gasteiger partial charge on any atom is -0.382 e. The number of nitrogens with one attached hydrogen (secondary N) is 1. The molecule has 1 aromatic carbocycles. The Bertz CT molecular complexity index is 559. The molecule has 0 amide bonds. The number of benzene rings is 1. The summed E-state index contributed by atoms with van der Waals surface area (Å²) in [7, 11) is 0. The molecule has 0 unspecified atom stereocenters. The molecule has 86 valence electrons. The summed E-state index contributed by atoms with van der Waals surface area (Å²) in [5, 5.41) is 7.70. The first-order chi connectivity index (χ1) is 8.15. The Labute approximate surface area is 102 Å². The lowest BCUT2D eigenvalue weighted by atomic mass is 10.4. The second-order valence-electron chi connectivity index (χ2n) is 3.20. The minimum atomic E-state index is -0.308. The van der Waals surface area contributed by atoms with Gasteiger partial charge >= 0.3 is 0 Å². The van der Waals surface area contributed by atoms with E-state index < -0.39 is 0 Å². The summed E-state index contributed by atoms with van der Waals surface area (Å²) in [5.41, 5.74) is 5.68. The first-order valence-corrected chi connectivity index (χ1v) is 5.57. The van der Waals surface area contributed by atoms with Crippen LogP contribution in [-0.4, -0.2) is 15.8 Å². The van der Waals surface area contributed by atoms with Crippen molar-refractivity contribution in [2.75, 3.05) is 0 Å². The van der Waals surface area contributed by atoms with Crippen LogP contribution in [0.2, 0.25) is 0 Å². The van der Waals surface area contributed by atoms with Gasteiger partial charge in [-0.15, -0.1) is 0 Å². The van der Waals surface area contributed by atoms with E-state index in [0.717, 1.165) is 0 Å². The van der Waals surface area contributed by atoms with E-state index in [0.29, 0.717) is 15.7 Å². The zero-order chi connectivity index (χ0) is 12.3. The summed E-state index contributed by atoms with van der Waals surface area (Å²) in [6, 6.07) is 7.70. The third kappa shape index (κ3) is 3.01. The molecule has 0 fully saturated rings. The standard InChI is InChI=1S/C11H9FN4S/c12-7-2-1-3-8(6-7)17-11-15-5-4-9(16-11)10(13)14/h1-6H,(H3,13,14). The molecule has 0 atom stereocenters. The van der Waals surface area contributed by atoms with Crippen molar-refractivity contribution in [2.24, 2.45) is 5.73 Å². The summed E-state index contributed by atoms with van der Waals surface area (Å²) in [5.74, 6) is -0.425. The molecule has 4 nitrogen and oxygen atoms in total. The zero-order valence-corrected chi connectivity index (χ0v) is 9.54. The van der Waals surface area contributed by atoms with E-state index in [4.69, 9.17) is 11.1 Å². The molecule has 6 heteroatoms. The predicted octanol–water partition coefficient (Wildman–Crippen LogP) is 2.05. The van der Waals surface area contributed by atoms with E-state index in [1.165, 1.54) is 30.1 Å². The second-order valence-corrected chi connectivity index (χ2v) is 4.24.